The van der Waals surface area contributed by atoms with Crippen LogP contribution in [0.25, 0.3) is 22.3 Å². The van der Waals surface area contributed by atoms with Gasteiger partial charge in [0.2, 0.25) is 0 Å². The summed E-state index contributed by atoms with van der Waals surface area (Å²) < 4.78 is 0. The highest BCUT2D eigenvalue weighted by Crippen LogP contribution is 2.29. The van der Waals surface area contributed by atoms with Crippen molar-refractivity contribution in [2.45, 2.75) is 12.5 Å². The van der Waals surface area contributed by atoms with E-state index in [0.29, 0.717) is 12.4 Å². The molecule has 1 N–H and O–H groups in total. The van der Waals surface area contributed by atoms with Crippen LogP contribution in [0.15, 0.2) is 48.8 Å². The first-order valence-corrected chi connectivity index (χ1v) is 7.41. The Morgan fingerprint density at radius 1 is 1.05 bits per heavy atom. The Bertz CT molecular complexity index is 806. The summed E-state index contributed by atoms with van der Waals surface area (Å²) in [5.41, 5.74) is 1.86. The maximum Gasteiger partial charge on any atom is 0.162 e. The number of para-hydroxylation sites is 1. The molecule has 0 unspecified atom stereocenters. The van der Waals surface area contributed by atoms with Crippen LogP contribution in [0.1, 0.15) is 6.42 Å². The number of benzene rings is 1. The highest BCUT2D eigenvalue weighted by molar-refractivity contribution is 5.91. The van der Waals surface area contributed by atoms with Gasteiger partial charge in [0.25, 0.3) is 0 Å². The third-order valence-electron chi connectivity index (χ3n) is 3.98. The quantitative estimate of drug-likeness (QED) is 0.785. The molecule has 1 atom stereocenters. The van der Waals surface area contributed by atoms with E-state index in [9.17, 15) is 5.11 Å². The molecule has 0 aliphatic carbocycles. The van der Waals surface area contributed by atoms with Crippen LogP contribution in [-0.4, -0.2) is 39.3 Å². The van der Waals surface area contributed by atoms with E-state index in [4.69, 9.17) is 4.98 Å². The number of hydrogen-bond donors (Lipinski definition) is 1. The van der Waals surface area contributed by atoms with E-state index in [1.54, 1.807) is 12.4 Å². The summed E-state index contributed by atoms with van der Waals surface area (Å²) in [6.45, 7) is 1.44. The summed E-state index contributed by atoms with van der Waals surface area (Å²) in [6, 6.07) is 11.8. The van der Waals surface area contributed by atoms with E-state index < -0.39 is 0 Å². The molecule has 1 aromatic carbocycles. The molecular weight excluding hydrogens is 276 g/mol. The van der Waals surface area contributed by atoms with Gasteiger partial charge in [0.1, 0.15) is 5.82 Å². The van der Waals surface area contributed by atoms with Crippen LogP contribution in [0, 0.1) is 0 Å². The Morgan fingerprint density at radius 2 is 1.86 bits per heavy atom. The van der Waals surface area contributed by atoms with Crippen molar-refractivity contribution < 1.29 is 5.11 Å². The Balaban J connectivity index is 1.90. The molecule has 0 saturated carbocycles. The van der Waals surface area contributed by atoms with Crippen LogP contribution in [0.3, 0.4) is 0 Å². The lowest BCUT2D eigenvalue weighted by atomic mass is 10.2. The summed E-state index contributed by atoms with van der Waals surface area (Å²) in [5.74, 6) is 1.59. The van der Waals surface area contributed by atoms with Crippen molar-refractivity contribution in [1.82, 2.24) is 15.0 Å². The summed E-state index contributed by atoms with van der Waals surface area (Å²) in [7, 11) is 0. The largest absolute Gasteiger partial charge is 0.391 e. The molecule has 110 valence electrons. The van der Waals surface area contributed by atoms with Gasteiger partial charge < -0.3 is 10.0 Å². The summed E-state index contributed by atoms with van der Waals surface area (Å²) >= 11 is 0. The highest BCUT2D eigenvalue weighted by atomic mass is 16.3. The van der Waals surface area contributed by atoms with E-state index in [-0.39, 0.29) is 6.10 Å². The van der Waals surface area contributed by atoms with Gasteiger partial charge in [0.05, 0.1) is 11.6 Å². The molecule has 1 aliphatic heterocycles. The fourth-order valence-corrected chi connectivity index (χ4v) is 2.87. The molecule has 22 heavy (non-hydrogen) atoms. The number of nitrogens with zero attached hydrogens (tertiary/aromatic N) is 4. The van der Waals surface area contributed by atoms with Gasteiger partial charge in [0.15, 0.2) is 5.82 Å². The molecule has 2 aromatic heterocycles. The molecule has 1 fully saturated rings. The molecule has 5 heteroatoms. The maximum atomic E-state index is 9.83. The van der Waals surface area contributed by atoms with Gasteiger partial charge >= 0.3 is 0 Å². The van der Waals surface area contributed by atoms with Crippen molar-refractivity contribution in [2.24, 2.45) is 0 Å². The third-order valence-corrected chi connectivity index (χ3v) is 3.98. The van der Waals surface area contributed by atoms with Crippen LogP contribution >= 0.6 is 0 Å². The lowest BCUT2D eigenvalue weighted by molar-refractivity contribution is 0.198. The number of hydrogen-bond acceptors (Lipinski definition) is 5. The van der Waals surface area contributed by atoms with Gasteiger partial charge in [-0.05, 0) is 30.7 Å². The number of aliphatic hydroxyl groups excluding tert-OH is 1. The number of pyridine rings is 1. The lowest BCUT2D eigenvalue weighted by Crippen LogP contribution is -2.22. The summed E-state index contributed by atoms with van der Waals surface area (Å²) in [6.07, 6.45) is 3.99. The summed E-state index contributed by atoms with van der Waals surface area (Å²) in [5, 5.41) is 10.8. The zero-order chi connectivity index (χ0) is 14.9. The predicted molar refractivity (Wildman–Crippen MR) is 85.6 cm³/mol. The van der Waals surface area contributed by atoms with E-state index >= 15 is 0 Å². The molecule has 0 bridgehead atoms. The minimum atomic E-state index is -0.280. The average Bonchev–Trinajstić information content (AvgIpc) is 3.01. The second kappa shape index (κ2) is 5.35. The van der Waals surface area contributed by atoms with Crippen LogP contribution in [0.5, 0.6) is 0 Å². The Hall–Kier alpha value is -2.53. The molecule has 0 spiro atoms. The normalized spacial score (nSPS) is 18.0. The SMILES string of the molecule is O[C@H]1CCN(c2nc(-c3ccncc3)nc3ccccc23)C1. The molecule has 5 nitrogen and oxygen atoms in total. The van der Waals surface area contributed by atoms with Crippen molar-refractivity contribution in [3.63, 3.8) is 0 Å². The Labute approximate surface area is 128 Å². The zero-order valence-corrected chi connectivity index (χ0v) is 12.1. The van der Waals surface area contributed by atoms with Gasteiger partial charge in [-0.15, -0.1) is 0 Å². The molecular formula is C17H16N4O. The molecule has 3 heterocycles. The van der Waals surface area contributed by atoms with Gasteiger partial charge in [-0.25, -0.2) is 9.97 Å². The first kappa shape index (κ1) is 13.2. The molecule has 1 saturated heterocycles. The fourth-order valence-electron chi connectivity index (χ4n) is 2.87. The van der Waals surface area contributed by atoms with Gasteiger partial charge in [-0.2, -0.15) is 0 Å². The highest BCUT2D eigenvalue weighted by Gasteiger charge is 2.23. The first-order valence-electron chi connectivity index (χ1n) is 7.41. The number of anilines is 1. The van der Waals surface area contributed by atoms with Gasteiger partial charge in [-0.3, -0.25) is 4.98 Å². The fraction of sp³-hybridized carbons (Fsp3) is 0.235. The standard InChI is InChI=1S/C17H16N4O/c22-13-7-10-21(11-13)17-14-3-1-2-4-15(14)19-16(20-17)12-5-8-18-9-6-12/h1-6,8-9,13,22H,7,10-11H2/t13-/m0/s1. The second-order valence-electron chi connectivity index (χ2n) is 5.51. The molecule has 0 amide bonds. The van der Waals surface area contributed by atoms with E-state index in [1.807, 2.05) is 36.4 Å². The van der Waals surface area contributed by atoms with Crippen molar-refractivity contribution in [2.75, 3.05) is 18.0 Å². The minimum absolute atomic E-state index is 0.280. The van der Waals surface area contributed by atoms with Crippen molar-refractivity contribution in [1.29, 1.82) is 0 Å². The predicted octanol–water partition coefficient (Wildman–Crippen LogP) is 2.26. The van der Waals surface area contributed by atoms with Crippen LogP contribution in [0.4, 0.5) is 5.82 Å². The zero-order valence-electron chi connectivity index (χ0n) is 12.1. The van der Waals surface area contributed by atoms with Gasteiger partial charge in [-0.1, -0.05) is 12.1 Å². The van der Waals surface area contributed by atoms with Gasteiger partial charge in [0, 0.05) is 36.4 Å². The number of rotatable bonds is 2. The molecule has 3 aromatic rings. The van der Waals surface area contributed by atoms with E-state index in [0.717, 1.165) is 35.2 Å². The number of β-amino-alcohol motifs (C(OH)–C–C–N with tert-alkyl or cyclic N) is 1. The average molecular weight is 292 g/mol. The minimum Gasteiger partial charge on any atom is -0.391 e. The van der Waals surface area contributed by atoms with Crippen LogP contribution in [-0.2, 0) is 0 Å². The van der Waals surface area contributed by atoms with Crippen LogP contribution < -0.4 is 4.90 Å². The third kappa shape index (κ3) is 2.29. The number of aromatic nitrogens is 3. The number of aliphatic hydroxyl groups is 1. The van der Waals surface area contributed by atoms with Crippen molar-refractivity contribution in [3.05, 3.63) is 48.8 Å². The summed E-state index contributed by atoms with van der Waals surface area (Å²) in [4.78, 5) is 15.6. The molecule has 4 rings (SSSR count). The lowest BCUT2D eigenvalue weighted by Gasteiger charge is -2.19. The van der Waals surface area contributed by atoms with Crippen LogP contribution in [0.2, 0.25) is 0 Å². The maximum absolute atomic E-state index is 9.83. The molecule has 0 radical (unpaired) electrons. The monoisotopic (exact) mass is 292 g/mol. The Kier molecular flexibility index (Phi) is 3.20. The van der Waals surface area contributed by atoms with E-state index in [2.05, 4.69) is 14.9 Å². The van der Waals surface area contributed by atoms with Crippen molar-refractivity contribution in [3.8, 4) is 11.4 Å². The Morgan fingerprint density at radius 3 is 2.64 bits per heavy atom. The van der Waals surface area contributed by atoms with E-state index in [1.165, 1.54) is 0 Å². The number of fused-ring (bicyclic) bond motifs is 1. The molecule has 1 aliphatic rings. The topological polar surface area (TPSA) is 62.1 Å². The van der Waals surface area contributed by atoms with Crippen molar-refractivity contribution >= 4 is 16.7 Å². The second-order valence-corrected chi connectivity index (χ2v) is 5.51. The first-order chi connectivity index (χ1) is 10.8. The smallest absolute Gasteiger partial charge is 0.162 e.